The van der Waals surface area contributed by atoms with Crippen LogP contribution in [-0.2, 0) is 0 Å². The zero-order valence-corrected chi connectivity index (χ0v) is 31.1. The minimum absolute atomic E-state index is 0.00131. The van der Waals surface area contributed by atoms with Crippen molar-refractivity contribution in [2.75, 3.05) is 74.8 Å². The molecule has 1 saturated carbocycles. The summed E-state index contributed by atoms with van der Waals surface area (Å²) in [5.41, 5.74) is 3.89. The van der Waals surface area contributed by atoms with Gasteiger partial charge >= 0.3 is 12.1 Å². The van der Waals surface area contributed by atoms with Crippen LogP contribution in [-0.4, -0.2) is 76.2 Å². The minimum Gasteiger partial charge on any atom is -0.378 e. The Hall–Kier alpha value is -3.42. The number of nitrogens with one attached hydrogen (secondary N) is 2. The van der Waals surface area contributed by atoms with Crippen molar-refractivity contribution in [3.05, 3.63) is 48.5 Å². The Balaban J connectivity index is 1.64. The first-order valence-electron chi connectivity index (χ1n) is 18.9. The van der Waals surface area contributed by atoms with Gasteiger partial charge in [-0.3, -0.25) is 0 Å². The molecule has 0 radical (unpaired) electrons. The second-order valence-corrected chi connectivity index (χ2v) is 14.4. The van der Waals surface area contributed by atoms with Crippen molar-refractivity contribution >= 4 is 34.8 Å². The maximum absolute atomic E-state index is 13.6. The smallest absolute Gasteiger partial charge is 0.321 e. The Labute approximate surface area is 292 Å². The second-order valence-electron chi connectivity index (χ2n) is 14.4. The van der Waals surface area contributed by atoms with E-state index < -0.39 is 0 Å². The molecule has 0 bridgehead atoms. The summed E-state index contributed by atoms with van der Waals surface area (Å²) < 4.78 is 0. The average molecular weight is 663 g/mol. The van der Waals surface area contributed by atoms with Crippen LogP contribution in [0.3, 0.4) is 0 Å². The van der Waals surface area contributed by atoms with Gasteiger partial charge < -0.3 is 30.2 Å². The zero-order valence-electron chi connectivity index (χ0n) is 31.1. The van der Waals surface area contributed by atoms with Crippen molar-refractivity contribution in [3.63, 3.8) is 0 Å². The zero-order chi connectivity index (χ0) is 34.7. The monoisotopic (exact) mass is 663 g/mol. The highest BCUT2D eigenvalue weighted by Crippen LogP contribution is 2.31. The number of urea groups is 2. The fraction of sp³-hybridized carbons (Fsp3) is 0.650. The molecule has 2 atom stereocenters. The van der Waals surface area contributed by atoms with Gasteiger partial charge in [0, 0.05) is 77.1 Å². The lowest BCUT2D eigenvalue weighted by Crippen LogP contribution is -2.43. The van der Waals surface area contributed by atoms with Crippen molar-refractivity contribution in [2.24, 2.45) is 11.8 Å². The fourth-order valence-electron chi connectivity index (χ4n) is 6.81. The van der Waals surface area contributed by atoms with E-state index in [0.29, 0.717) is 11.8 Å². The summed E-state index contributed by atoms with van der Waals surface area (Å²) in [6, 6.07) is 16.1. The summed E-state index contributed by atoms with van der Waals surface area (Å²) in [5, 5.41) is 6.37. The topological polar surface area (TPSA) is 71.2 Å². The van der Waals surface area contributed by atoms with Crippen molar-refractivity contribution < 1.29 is 9.59 Å². The van der Waals surface area contributed by atoms with Crippen LogP contribution < -0.4 is 20.4 Å². The number of rotatable bonds is 20. The highest BCUT2D eigenvalue weighted by Gasteiger charge is 2.28. The van der Waals surface area contributed by atoms with E-state index in [-0.39, 0.29) is 12.1 Å². The van der Waals surface area contributed by atoms with Gasteiger partial charge in [-0.1, -0.05) is 71.6 Å². The van der Waals surface area contributed by atoms with Crippen LogP contribution in [0.1, 0.15) is 104 Å². The first-order chi connectivity index (χ1) is 23.2. The predicted molar refractivity (Wildman–Crippen MR) is 206 cm³/mol. The molecule has 268 valence electrons. The van der Waals surface area contributed by atoms with Crippen LogP contribution >= 0.6 is 0 Å². The third kappa shape index (κ3) is 14.0. The van der Waals surface area contributed by atoms with Crippen molar-refractivity contribution in [3.8, 4) is 0 Å². The maximum Gasteiger partial charge on any atom is 0.321 e. The lowest BCUT2D eigenvalue weighted by molar-refractivity contribution is 0.153. The molecule has 0 spiro atoms. The Kier molecular flexibility index (Phi) is 17.5. The number of nitrogens with zero attached hydrogens (tertiary/aromatic N) is 4. The summed E-state index contributed by atoms with van der Waals surface area (Å²) in [7, 11) is 8.09. The van der Waals surface area contributed by atoms with E-state index in [1.807, 2.05) is 76.7 Å². The molecule has 2 N–H and O–H groups in total. The van der Waals surface area contributed by atoms with Gasteiger partial charge in [0.25, 0.3) is 0 Å². The van der Waals surface area contributed by atoms with Gasteiger partial charge in [-0.25, -0.2) is 9.59 Å². The normalized spacial score (nSPS) is 15.9. The first-order valence-corrected chi connectivity index (χ1v) is 18.9. The summed E-state index contributed by atoms with van der Waals surface area (Å²) >= 11 is 0. The average Bonchev–Trinajstić information content (AvgIpc) is 3.07. The van der Waals surface area contributed by atoms with Gasteiger partial charge in [-0.2, -0.15) is 0 Å². The van der Waals surface area contributed by atoms with Crippen molar-refractivity contribution in [2.45, 2.75) is 104 Å². The molecule has 8 heteroatoms. The van der Waals surface area contributed by atoms with Gasteiger partial charge in [-0.15, -0.1) is 0 Å². The van der Waals surface area contributed by atoms with E-state index in [9.17, 15) is 9.59 Å². The predicted octanol–water partition coefficient (Wildman–Crippen LogP) is 9.93. The molecule has 8 nitrogen and oxygen atoms in total. The highest BCUT2D eigenvalue weighted by atomic mass is 16.2. The molecule has 0 aliphatic heterocycles. The number of amides is 4. The Morgan fingerprint density at radius 1 is 0.583 bits per heavy atom. The molecular weight excluding hydrogens is 596 g/mol. The first kappa shape index (κ1) is 39.0. The minimum atomic E-state index is -0.00131. The number of benzene rings is 2. The van der Waals surface area contributed by atoms with Crippen LogP contribution in [0.2, 0.25) is 0 Å². The van der Waals surface area contributed by atoms with Crippen LogP contribution in [0.25, 0.3) is 0 Å². The molecule has 0 saturated heterocycles. The summed E-state index contributed by atoms with van der Waals surface area (Å²) in [6.45, 7) is 7.58. The van der Waals surface area contributed by atoms with E-state index in [0.717, 1.165) is 100 Å². The van der Waals surface area contributed by atoms with Gasteiger partial charge in [0.1, 0.15) is 0 Å². The largest absolute Gasteiger partial charge is 0.378 e. The molecule has 1 aliphatic rings. The van der Waals surface area contributed by atoms with E-state index in [4.69, 9.17) is 0 Å². The third-order valence-electron chi connectivity index (χ3n) is 9.76. The summed E-state index contributed by atoms with van der Waals surface area (Å²) in [6.07, 6.45) is 16.2. The summed E-state index contributed by atoms with van der Waals surface area (Å²) in [4.78, 5) is 35.5. The lowest BCUT2D eigenvalue weighted by Gasteiger charge is -2.36. The Bertz CT molecular complexity index is 1090. The SMILES string of the molecule is CCCCCCCN(CC1CCCC(CN(CCCCCCC)C(=O)Nc2ccc(N(C)C)cc2)C1)C(=O)Nc1ccc(N(C)C)cc1. The van der Waals surface area contributed by atoms with Gasteiger partial charge in [0.2, 0.25) is 0 Å². The standard InChI is InChI=1S/C40H66N6O2/c1-7-9-11-13-15-28-45(39(47)41-35-20-24-37(25-21-35)43(3)4)31-33-18-17-19-34(30-33)32-46(29-16-14-12-10-8-2)40(48)42-36-22-26-38(27-23-36)44(5)6/h20-27,33-34H,7-19,28-32H2,1-6H3,(H,41,47)(H,42,48). The van der Waals surface area contributed by atoms with Crippen LogP contribution in [0.5, 0.6) is 0 Å². The molecular formula is C40H66N6O2. The molecule has 1 aliphatic carbocycles. The molecule has 0 aromatic heterocycles. The molecule has 2 unspecified atom stereocenters. The van der Waals surface area contributed by atoms with E-state index in [2.05, 4.69) is 44.1 Å². The lowest BCUT2D eigenvalue weighted by atomic mass is 9.80. The number of unbranched alkanes of at least 4 members (excludes halogenated alkanes) is 8. The van der Waals surface area contributed by atoms with Crippen molar-refractivity contribution in [1.82, 2.24) is 9.80 Å². The van der Waals surface area contributed by atoms with Crippen molar-refractivity contribution in [1.29, 1.82) is 0 Å². The van der Waals surface area contributed by atoms with Gasteiger partial charge in [-0.05, 0) is 92.5 Å². The Morgan fingerprint density at radius 2 is 0.958 bits per heavy atom. The maximum atomic E-state index is 13.6. The molecule has 4 amide bonds. The van der Waals surface area contributed by atoms with E-state index >= 15 is 0 Å². The number of hydrogen-bond donors (Lipinski definition) is 2. The van der Waals surface area contributed by atoms with Crippen LogP contribution in [0.4, 0.5) is 32.3 Å². The molecule has 3 rings (SSSR count). The molecule has 1 fully saturated rings. The molecule has 48 heavy (non-hydrogen) atoms. The number of hydrogen-bond acceptors (Lipinski definition) is 4. The molecule has 2 aromatic rings. The van der Waals surface area contributed by atoms with Gasteiger partial charge in [0.15, 0.2) is 0 Å². The van der Waals surface area contributed by atoms with Crippen LogP contribution in [0.15, 0.2) is 48.5 Å². The molecule has 0 heterocycles. The quantitative estimate of drug-likeness (QED) is 0.139. The highest BCUT2D eigenvalue weighted by molar-refractivity contribution is 5.90. The fourth-order valence-corrected chi connectivity index (χ4v) is 6.81. The number of anilines is 4. The van der Waals surface area contributed by atoms with Crippen LogP contribution in [0, 0.1) is 11.8 Å². The second kappa shape index (κ2) is 21.5. The van der Waals surface area contributed by atoms with Gasteiger partial charge in [0.05, 0.1) is 0 Å². The third-order valence-corrected chi connectivity index (χ3v) is 9.76. The number of carbonyl (C=O) groups is 2. The molecule has 2 aromatic carbocycles. The Morgan fingerprint density at radius 3 is 1.31 bits per heavy atom. The summed E-state index contributed by atoms with van der Waals surface area (Å²) in [5.74, 6) is 0.878. The van der Waals surface area contributed by atoms with E-state index in [1.165, 1.54) is 38.5 Å². The number of carbonyl (C=O) groups excluding carboxylic acids is 2. The van der Waals surface area contributed by atoms with E-state index in [1.54, 1.807) is 0 Å².